The summed E-state index contributed by atoms with van der Waals surface area (Å²) in [6.07, 6.45) is 3.80. The van der Waals surface area contributed by atoms with E-state index >= 15 is 0 Å². The van der Waals surface area contributed by atoms with Gasteiger partial charge in [-0.2, -0.15) is 0 Å². The van der Waals surface area contributed by atoms with E-state index in [1.54, 1.807) is 18.3 Å². The fourth-order valence-electron chi connectivity index (χ4n) is 4.18. The van der Waals surface area contributed by atoms with Gasteiger partial charge in [-0.3, -0.25) is 4.98 Å². The maximum atomic E-state index is 13.6. The van der Waals surface area contributed by atoms with Crippen molar-refractivity contribution in [2.24, 2.45) is 0 Å². The van der Waals surface area contributed by atoms with Crippen LogP contribution in [0.4, 0.5) is 10.1 Å². The zero-order valence-electron chi connectivity index (χ0n) is 17.2. The summed E-state index contributed by atoms with van der Waals surface area (Å²) in [6.45, 7) is 1.99. The molecule has 1 N–H and O–H groups in total. The number of nitrogens with one attached hydrogen (secondary N) is 1. The second kappa shape index (κ2) is 8.37. The Hall–Kier alpha value is -3.22. The second-order valence-corrected chi connectivity index (χ2v) is 8.50. The van der Waals surface area contributed by atoms with E-state index in [0.29, 0.717) is 5.11 Å². The van der Waals surface area contributed by atoms with E-state index in [0.717, 1.165) is 33.3 Å². The van der Waals surface area contributed by atoms with Gasteiger partial charge in [0.1, 0.15) is 11.9 Å². The summed E-state index contributed by atoms with van der Waals surface area (Å²) < 4.78 is 15.8. The van der Waals surface area contributed by atoms with E-state index in [2.05, 4.69) is 27.0 Å². The maximum absolute atomic E-state index is 13.6. The average Bonchev–Trinajstić information content (AvgIpc) is 3.41. The van der Waals surface area contributed by atoms with Gasteiger partial charge in [0.15, 0.2) is 5.11 Å². The predicted octanol–water partition coefficient (Wildman–Crippen LogP) is 6.15. The maximum Gasteiger partial charge on any atom is 0.174 e. The third-order valence-electron chi connectivity index (χ3n) is 5.71. The SMILES string of the molecule is Cc1cc(-n2cccc2[C@H]2[C@H](c3ccccn3)NC(=S)N2c2ccc(F)cc2)ccc1Cl. The summed E-state index contributed by atoms with van der Waals surface area (Å²) in [5.74, 6) is -0.287. The molecule has 1 fully saturated rings. The zero-order chi connectivity index (χ0) is 22.2. The lowest BCUT2D eigenvalue weighted by molar-refractivity contribution is 0.549. The number of aromatic nitrogens is 2. The van der Waals surface area contributed by atoms with Crippen molar-refractivity contribution in [1.29, 1.82) is 0 Å². The van der Waals surface area contributed by atoms with Gasteiger partial charge in [0.2, 0.25) is 0 Å². The molecular weight excluding hydrogens is 443 g/mol. The molecule has 160 valence electrons. The number of halogens is 2. The first kappa shape index (κ1) is 20.7. The third-order valence-corrected chi connectivity index (χ3v) is 6.44. The largest absolute Gasteiger partial charge is 0.351 e. The van der Waals surface area contributed by atoms with E-state index in [1.807, 2.05) is 54.4 Å². The van der Waals surface area contributed by atoms with Crippen LogP contribution >= 0.6 is 23.8 Å². The Morgan fingerprint density at radius 2 is 1.78 bits per heavy atom. The Bertz CT molecular complexity index is 1270. The van der Waals surface area contributed by atoms with Crippen molar-refractivity contribution in [3.63, 3.8) is 0 Å². The van der Waals surface area contributed by atoms with Crippen LogP contribution in [0.3, 0.4) is 0 Å². The van der Waals surface area contributed by atoms with Crippen LogP contribution in [0.15, 0.2) is 85.2 Å². The Balaban J connectivity index is 1.67. The molecule has 4 nitrogen and oxygen atoms in total. The minimum absolute atomic E-state index is 0.184. The fourth-order valence-corrected chi connectivity index (χ4v) is 4.65. The molecule has 0 unspecified atom stereocenters. The van der Waals surface area contributed by atoms with E-state index < -0.39 is 0 Å². The Labute approximate surface area is 196 Å². The summed E-state index contributed by atoms with van der Waals surface area (Å²) in [5.41, 5.74) is 4.72. The first-order chi connectivity index (χ1) is 15.5. The lowest BCUT2D eigenvalue weighted by Crippen LogP contribution is -2.30. The molecule has 2 aromatic carbocycles. The molecule has 4 aromatic rings. The average molecular weight is 463 g/mol. The van der Waals surface area contributed by atoms with Gasteiger partial charge in [0.25, 0.3) is 0 Å². The standard InChI is InChI=1S/C25H20ClFN4S/c1-16-15-19(11-12-20(16)26)30-14-4-6-22(30)24-23(21-5-2-3-13-28-21)29-25(32)31(24)18-9-7-17(27)8-10-18/h2-15,23-24H,1H3,(H,29,32)/t23-,24-/m0/s1. The number of rotatable bonds is 4. The van der Waals surface area contributed by atoms with E-state index in [1.165, 1.54) is 12.1 Å². The first-order valence-electron chi connectivity index (χ1n) is 10.2. The molecule has 1 aliphatic heterocycles. The number of aryl methyl sites for hydroxylation is 1. The number of nitrogens with zero attached hydrogens (tertiary/aromatic N) is 3. The molecule has 2 aromatic heterocycles. The van der Waals surface area contributed by atoms with Crippen LogP contribution in [-0.4, -0.2) is 14.7 Å². The minimum Gasteiger partial charge on any atom is -0.351 e. The summed E-state index contributed by atoms with van der Waals surface area (Å²) >= 11 is 12.0. The van der Waals surface area contributed by atoms with Gasteiger partial charge in [0.05, 0.1) is 11.7 Å². The number of benzene rings is 2. The molecule has 2 atom stereocenters. The van der Waals surface area contributed by atoms with Crippen LogP contribution in [0.25, 0.3) is 5.69 Å². The van der Waals surface area contributed by atoms with E-state index in [9.17, 15) is 4.39 Å². The smallest absolute Gasteiger partial charge is 0.174 e. The molecule has 0 radical (unpaired) electrons. The molecule has 1 aliphatic rings. The number of pyridine rings is 1. The predicted molar refractivity (Wildman–Crippen MR) is 130 cm³/mol. The van der Waals surface area contributed by atoms with Gasteiger partial charge in [-0.25, -0.2) is 4.39 Å². The van der Waals surface area contributed by atoms with Crippen molar-refractivity contribution in [2.75, 3.05) is 4.90 Å². The second-order valence-electron chi connectivity index (χ2n) is 7.71. The summed E-state index contributed by atoms with van der Waals surface area (Å²) in [4.78, 5) is 6.62. The minimum atomic E-state index is -0.287. The van der Waals surface area contributed by atoms with Crippen molar-refractivity contribution in [3.8, 4) is 5.69 Å². The van der Waals surface area contributed by atoms with Gasteiger partial charge in [0, 0.05) is 34.5 Å². The molecule has 0 bridgehead atoms. The van der Waals surface area contributed by atoms with Crippen LogP contribution in [0.5, 0.6) is 0 Å². The van der Waals surface area contributed by atoms with Crippen molar-refractivity contribution < 1.29 is 4.39 Å². The van der Waals surface area contributed by atoms with Gasteiger partial charge in [-0.1, -0.05) is 17.7 Å². The molecule has 5 rings (SSSR count). The monoisotopic (exact) mass is 462 g/mol. The molecule has 0 amide bonds. The highest BCUT2D eigenvalue weighted by Crippen LogP contribution is 2.42. The van der Waals surface area contributed by atoms with Crippen LogP contribution in [0.2, 0.25) is 5.02 Å². The molecule has 1 saturated heterocycles. The van der Waals surface area contributed by atoms with Crippen LogP contribution in [0, 0.1) is 12.7 Å². The molecule has 0 aliphatic carbocycles. The summed E-state index contributed by atoms with van der Waals surface area (Å²) in [6, 6.07) is 21.9. The van der Waals surface area contributed by atoms with Crippen molar-refractivity contribution in [1.82, 2.24) is 14.9 Å². The Kier molecular flexibility index (Phi) is 5.41. The van der Waals surface area contributed by atoms with Gasteiger partial charge in [-0.05, 0) is 91.4 Å². The number of hydrogen-bond acceptors (Lipinski definition) is 2. The van der Waals surface area contributed by atoms with Crippen LogP contribution < -0.4 is 10.2 Å². The quantitative estimate of drug-likeness (QED) is 0.369. The van der Waals surface area contributed by atoms with Crippen molar-refractivity contribution in [3.05, 3.63) is 113 Å². The molecule has 32 heavy (non-hydrogen) atoms. The normalized spacial score (nSPS) is 18.1. The molecule has 0 saturated carbocycles. The molecular formula is C25H20ClFN4S. The first-order valence-corrected chi connectivity index (χ1v) is 11.0. The highest BCUT2D eigenvalue weighted by molar-refractivity contribution is 7.80. The van der Waals surface area contributed by atoms with Crippen molar-refractivity contribution >= 4 is 34.6 Å². The highest BCUT2D eigenvalue weighted by Gasteiger charge is 2.42. The number of hydrogen-bond donors (Lipinski definition) is 1. The summed E-state index contributed by atoms with van der Waals surface area (Å²) in [5, 5.41) is 4.73. The Morgan fingerprint density at radius 1 is 1.00 bits per heavy atom. The third kappa shape index (κ3) is 3.66. The topological polar surface area (TPSA) is 33.1 Å². The van der Waals surface area contributed by atoms with E-state index in [4.69, 9.17) is 23.8 Å². The molecule has 0 spiro atoms. The van der Waals surface area contributed by atoms with Crippen LogP contribution in [-0.2, 0) is 0 Å². The van der Waals surface area contributed by atoms with Gasteiger partial charge < -0.3 is 14.8 Å². The Morgan fingerprint density at radius 3 is 2.50 bits per heavy atom. The molecule has 7 heteroatoms. The molecule has 3 heterocycles. The zero-order valence-corrected chi connectivity index (χ0v) is 18.8. The van der Waals surface area contributed by atoms with Crippen molar-refractivity contribution in [2.45, 2.75) is 19.0 Å². The lowest BCUT2D eigenvalue weighted by Gasteiger charge is -2.29. The van der Waals surface area contributed by atoms with Crippen LogP contribution in [0.1, 0.15) is 29.0 Å². The highest BCUT2D eigenvalue weighted by atomic mass is 35.5. The summed E-state index contributed by atoms with van der Waals surface area (Å²) in [7, 11) is 0. The lowest BCUT2D eigenvalue weighted by atomic mass is 10.0. The van der Waals surface area contributed by atoms with Gasteiger partial charge in [-0.15, -0.1) is 0 Å². The number of anilines is 1. The fraction of sp³-hybridized carbons (Fsp3) is 0.120. The number of thiocarbonyl (C=S) groups is 1. The van der Waals surface area contributed by atoms with E-state index in [-0.39, 0.29) is 17.9 Å². The van der Waals surface area contributed by atoms with Gasteiger partial charge >= 0.3 is 0 Å².